The van der Waals surface area contributed by atoms with E-state index in [-0.39, 0.29) is 24.8 Å². The summed E-state index contributed by atoms with van der Waals surface area (Å²) in [7, 11) is 0. The molecule has 2 nitrogen and oxygen atoms in total. The minimum absolute atomic E-state index is 0. The van der Waals surface area contributed by atoms with Crippen LogP contribution < -0.4 is 5.73 Å². The summed E-state index contributed by atoms with van der Waals surface area (Å²) < 4.78 is 13.0. The van der Waals surface area contributed by atoms with Gasteiger partial charge in [0, 0.05) is 6.54 Å². The van der Waals surface area contributed by atoms with E-state index < -0.39 is 6.10 Å². The second kappa shape index (κ2) is 5.54. The second-order valence-electron chi connectivity index (χ2n) is 2.43. The molecule has 13 heavy (non-hydrogen) atoms. The SMILES string of the molecule is Cl.NC[C@@H](O)c1ccc(F)c(Br)c1. The first-order valence-corrected chi connectivity index (χ1v) is 4.27. The Balaban J connectivity index is 0.00000144. The number of aliphatic hydroxyl groups excluding tert-OH is 1. The van der Waals surface area contributed by atoms with E-state index in [0.717, 1.165) is 0 Å². The Bertz CT molecular complexity index is 285. The summed E-state index contributed by atoms with van der Waals surface area (Å²) >= 11 is 3.02. The van der Waals surface area contributed by atoms with Crippen molar-refractivity contribution >= 4 is 28.3 Å². The Morgan fingerprint density at radius 1 is 1.54 bits per heavy atom. The Morgan fingerprint density at radius 3 is 2.62 bits per heavy atom. The van der Waals surface area contributed by atoms with Crippen LogP contribution in [0.4, 0.5) is 4.39 Å². The molecule has 1 aromatic rings. The summed E-state index contributed by atoms with van der Waals surface area (Å²) in [6.45, 7) is 0.137. The molecule has 0 unspecified atom stereocenters. The highest BCUT2D eigenvalue weighted by molar-refractivity contribution is 9.10. The first kappa shape index (κ1) is 12.8. The van der Waals surface area contributed by atoms with Gasteiger partial charge in [-0.2, -0.15) is 0 Å². The van der Waals surface area contributed by atoms with Gasteiger partial charge in [0.25, 0.3) is 0 Å². The molecule has 74 valence electrons. The largest absolute Gasteiger partial charge is 0.387 e. The van der Waals surface area contributed by atoms with Crippen LogP contribution in [-0.2, 0) is 0 Å². The molecule has 1 rings (SSSR count). The van der Waals surface area contributed by atoms with Gasteiger partial charge in [-0.15, -0.1) is 12.4 Å². The Morgan fingerprint density at radius 2 is 2.15 bits per heavy atom. The van der Waals surface area contributed by atoms with Gasteiger partial charge in [-0.3, -0.25) is 0 Å². The van der Waals surface area contributed by atoms with E-state index in [9.17, 15) is 9.50 Å². The van der Waals surface area contributed by atoms with Crippen LogP contribution in [0.15, 0.2) is 22.7 Å². The number of nitrogens with two attached hydrogens (primary N) is 1. The summed E-state index contributed by atoms with van der Waals surface area (Å²) in [4.78, 5) is 0. The summed E-state index contributed by atoms with van der Waals surface area (Å²) in [6, 6.07) is 4.32. The van der Waals surface area contributed by atoms with Crippen molar-refractivity contribution in [3.63, 3.8) is 0 Å². The van der Waals surface area contributed by atoms with E-state index in [1.807, 2.05) is 0 Å². The maximum atomic E-state index is 12.7. The van der Waals surface area contributed by atoms with Crippen LogP contribution in [-0.4, -0.2) is 11.7 Å². The molecule has 0 aliphatic heterocycles. The third-order valence-corrected chi connectivity index (χ3v) is 2.16. The highest BCUT2D eigenvalue weighted by Crippen LogP contribution is 2.20. The van der Waals surface area contributed by atoms with Crippen molar-refractivity contribution in [3.8, 4) is 0 Å². The van der Waals surface area contributed by atoms with Crippen molar-refractivity contribution < 1.29 is 9.50 Å². The lowest BCUT2D eigenvalue weighted by Gasteiger charge is -2.07. The van der Waals surface area contributed by atoms with Crippen LogP contribution in [0.1, 0.15) is 11.7 Å². The standard InChI is InChI=1S/C8H9BrFNO.ClH/c9-6-3-5(8(12)4-11)1-2-7(6)10;/h1-3,8,12H,4,11H2;1H/t8-;/m1./s1. The van der Waals surface area contributed by atoms with Crippen molar-refractivity contribution in [1.29, 1.82) is 0 Å². The summed E-state index contributed by atoms with van der Waals surface area (Å²) in [5.74, 6) is -0.344. The van der Waals surface area contributed by atoms with Crippen LogP contribution >= 0.6 is 28.3 Å². The molecule has 1 atom stereocenters. The van der Waals surface area contributed by atoms with Gasteiger partial charge < -0.3 is 10.8 Å². The van der Waals surface area contributed by atoms with E-state index in [0.29, 0.717) is 10.0 Å². The molecule has 0 fully saturated rings. The van der Waals surface area contributed by atoms with Gasteiger partial charge >= 0.3 is 0 Å². The monoisotopic (exact) mass is 269 g/mol. The fraction of sp³-hybridized carbons (Fsp3) is 0.250. The number of benzene rings is 1. The average Bonchev–Trinajstić information content (AvgIpc) is 2.08. The number of halogens is 3. The maximum absolute atomic E-state index is 12.7. The third kappa shape index (κ3) is 3.23. The maximum Gasteiger partial charge on any atom is 0.137 e. The van der Waals surface area contributed by atoms with Gasteiger partial charge in [-0.05, 0) is 33.6 Å². The smallest absolute Gasteiger partial charge is 0.137 e. The molecule has 5 heteroatoms. The summed E-state index contributed by atoms with van der Waals surface area (Å²) in [5, 5.41) is 9.28. The van der Waals surface area contributed by atoms with Crippen molar-refractivity contribution in [1.82, 2.24) is 0 Å². The number of aliphatic hydroxyl groups is 1. The highest BCUT2D eigenvalue weighted by Gasteiger charge is 2.06. The van der Waals surface area contributed by atoms with E-state index in [2.05, 4.69) is 15.9 Å². The van der Waals surface area contributed by atoms with Crippen LogP contribution in [0, 0.1) is 5.82 Å². The van der Waals surface area contributed by atoms with Gasteiger partial charge in [0.15, 0.2) is 0 Å². The lowest BCUT2D eigenvalue weighted by atomic mass is 10.1. The number of hydrogen-bond acceptors (Lipinski definition) is 2. The average molecular weight is 271 g/mol. The quantitative estimate of drug-likeness (QED) is 0.863. The van der Waals surface area contributed by atoms with E-state index in [1.54, 1.807) is 0 Å². The molecule has 0 aliphatic carbocycles. The third-order valence-electron chi connectivity index (χ3n) is 1.55. The van der Waals surface area contributed by atoms with E-state index in [4.69, 9.17) is 5.73 Å². The summed E-state index contributed by atoms with van der Waals surface area (Å²) in [5.41, 5.74) is 5.85. The molecular weight excluding hydrogens is 260 g/mol. The van der Waals surface area contributed by atoms with Crippen LogP contribution in [0.5, 0.6) is 0 Å². The predicted octanol–water partition coefficient (Wildman–Crippen LogP) is 2.00. The molecule has 1 aromatic carbocycles. The molecule has 0 saturated heterocycles. The number of hydrogen-bond donors (Lipinski definition) is 2. The molecule has 0 aromatic heterocycles. The molecule has 0 heterocycles. The summed E-state index contributed by atoms with van der Waals surface area (Å²) in [6.07, 6.45) is -0.720. The zero-order valence-electron chi connectivity index (χ0n) is 6.71. The lowest BCUT2D eigenvalue weighted by molar-refractivity contribution is 0.186. The molecule has 0 amide bonds. The normalized spacial score (nSPS) is 12.0. The van der Waals surface area contributed by atoms with Crippen molar-refractivity contribution in [2.75, 3.05) is 6.54 Å². The predicted molar refractivity (Wildman–Crippen MR) is 55.4 cm³/mol. The first-order chi connectivity index (χ1) is 5.65. The van der Waals surface area contributed by atoms with Crippen molar-refractivity contribution in [2.24, 2.45) is 5.73 Å². The minimum Gasteiger partial charge on any atom is -0.387 e. The molecular formula is C8H10BrClFNO. The molecule has 0 saturated carbocycles. The zero-order valence-corrected chi connectivity index (χ0v) is 9.11. The molecule has 0 bridgehead atoms. The van der Waals surface area contributed by atoms with Gasteiger partial charge in [-0.1, -0.05) is 6.07 Å². The van der Waals surface area contributed by atoms with E-state index in [1.165, 1.54) is 18.2 Å². The van der Waals surface area contributed by atoms with Crippen molar-refractivity contribution in [3.05, 3.63) is 34.1 Å². The zero-order chi connectivity index (χ0) is 9.14. The molecule has 0 aliphatic rings. The Hall–Kier alpha value is -0.160. The second-order valence-corrected chi connectivity index (χ2v) is 3.28. The van der Waals surface area contributed by atoms with Crippen LogP contribution in [0.2, 0.25) is 0 Å². The lowest BCUT2D eigenvalue weighted by Crippen LogP contribution is -2.11. The van der Waals surface area contributed by atoms with Gasteiger partial charge in [-0.25, -0.2) is 4.39 Å². The fourth-order valence-corrected chi connectivity index (χ4v) is 1.25. The van der Waals surface area contributed by atoms with Gasteiger partial charge in [0.1, 0.15) is 5.82 Å². The fourth-order valence-electron chi connectivity index (χ4n) is 0.856. The Labute approximate surface area is 90.5 Å². The molecule has 0 spiro atoms. The Kier molecular flexibility index (Phi) is 5.48. The van der Waals surface area contributed by atoms with Crippen molar-refractivity contribution in [2.45, 2.75) is 6.10 Å². The topological polar surface area (TPSA) is 46.2 Å². The molecule has 0 radical (unpaired) electrons. The van der Waals surface area contributed by atoms with Gasteiger partial charge in [0.2, 0.25) is 0 Å². The number of rotatable bonds is 2. The highest BCUT2D eigenvalue weighted by atomic mass is 79.9. The molecule has 3 N–H and O–H groups in total. The minimum atomic E-state index is -0.720. The van der Waals surface area contributed by atoms with Crippen LogP contribution in [0.25, 0.3) is 0 Å². The van der Waals surface area contributed by atoms with E-state index >= 15 is 0 Å². The van der Waals surface area contributed by atoms with Crippen LogP contribution in [0.3, 0.4) is 0 Å². The van der Waals surface area contributed by atoms with Gasteiger partial charge in [0.05, 0.1) is 10.6 Å². The first-order valence-electron chi connectivity index (χ1n) is 3.48.